The number of carboxylic acids is 1. The van der Waals surface area contributed by atoms with Crippen LogP contribution in [0.1, 0.15) is 131 Å². The molecule has 0 saturated heterocycles. The fourth-order valence-electron chi connectivity index (χ4n) is 10.1. The second-order valence-corrected chi connectivity index (χ2v) is 22.8. The molecule has 13 aromatic rings. The van der Waals surface area contributed by atoms with Crippen molar-refractivity contribution in [1.82, 2.24) is 57.5 Å². The second-order valence-electron chi connectivity index (χ2n) is 22.4. The highest BCUT2D eigenvalue weighted by molar-refractivity contribution is 6.36. The molecule has 15 rings (SSSR count). The van der Waals surface area contributed by atoms with Gasteiger partial charge in [-0.2, -0.15) is 20.3 Å². The van der Waals surface area contributed by atoms with E-state index in [2.05, 4.69) is 25.8 Å². The summed E-state index contributed by atoms with van der Waals surface area (Å²) < 4.78 is 35.3. The van der Waals surface area contributed by atoms with Gasteiger partial charge in [0.15, 0.2) is 5.57 Å². The molecule has 0 radical (unpaired) electrons. The van der Waals surface area contributed by atoms with E-state index >= 15 is 0 Å². The van der Waals surface area contributed by atoms with E-state index < -0.39 is 41.7 Å². The Labute approximate surface area is 634 Å². The number of benzene rings is 2. The summed E-state index contributed by atoms with van der Waals surface area (Å²) in [6.45, 7) is 13.6. The van der Waals surface area contributed by atoms with E-state index in [4.69, 9.17) is 52.1 Å². The number of hydrazine groups is 1. The molecule has 34 heteroatoms. The van der Waals surface area contributed by atoms with Crippen molar-refractivity contribution in [3.8, 4) is 0 Å². The van der Waals surface area contributed by atoms with E-state index in [9.17, 15) is 52.7 Å². The number of nitrogens with one attached hydrogen (secondary N) is 2. The summed E-state index contributed by atoms with van der Waals surface area (Å²) in [5.41, 5.74) is 9.58. The van der Waals surface area contributed by atoms with Gasteiger partial charge in [-0.1, -0.05) is 35.9 Å². The molecule has 2 aliphatic rings. The first-order chi connectivity index (χ1) is 53.0. The lowest BCUT2D eigenvalue weighted by Gasteiger charge is -2.14. The quantitative estimate of drug-likeness (QED) is 0.00988. The molecule has 2 aliphatic heterocycles. The monoisotopic (exact) mass is 1520 g/mol. The fourth-order valence-corrected chi connectivity index (χ4v) is 10.4. The lowest BCUT2D eigenvalue weighted by Crippen LogP contribution is -2.38. The number of fused-ring (bicyclic) bond motifs is 6. The Bertz CT molecular complexity index is 5330. The van der Waals surface area contributed by atoms with Gasteiger partial charge < -0.3 is 45.2 Å². The summed E-state index contributed by atoms with van der Waals surface area (Å²) in [6, 6.07) is 38.7. The molecule has 0 fully saturated rings. The van der Waals surface area contributed by atoms with Crippen LogP contribution in [0.5, 0.6) is 0 Å². The van der Waals surface area contributed by atoms with Crippen LogP contribution in [0.25, 0.3) is 22.1 Å². The van der Waals surface area contributed by atoms with Crippen molar-refractivity contribution in [3.05, 3.63) is 303 Å². The minimum absolute atomic E-state index is 0. The number of imide groups is 2. The smallest absolute Gasteiger partial charge is 0.347 e. The number of aromatic amines is 1. The van der Waals surface area contributed by atoms with Gasteiger partial charge in [-0.25, -0.2) is 53.2 Å². The number of aromatic nitrogens is 11. The zero-order valence-corrected chi connectivity index (χ0v) is 61.0. The van der Waals surface area contributed by atoms with Gasteiger partial charge in [0.25, 0.3) is 23.6 Å². The maximum atomic E-state index is 12.0. The van der Waals surface area contributed by atoms with Crippen molar-refractivity contribution in [2.75, 3.05) is 49.3 Å². The highest BCUT2D eigenvalue weighted by atomic mass is 35.5. The van der Waals surface area contributed by atoms with Crippen molar-refractivity contribution < 1.29 is 79.6 Å². The lowest BCUT2D eigenvalue weighted by atomic mass is 10.1. The molecule has 4 amide bonds. The van der Waals surface area contributed by atoms with E-state index in [0.717, 1.165) is 27.2 Å². The zero-order chi connectivity index (χ0) is 79.6. The number of carbonyl (C=O) groups excluding carboxylic acids is 9. The van der Waals surface area contributed by atoms with Crippen LogP contribution in [0.15, 0.2) is 237 Å². The van der Waals surface area contributed by atoms with E-state index in [1.807, 2.05) is 55.6 Å². The van der Waals surface area contributed by atoms with Crippen LogP contribution in [-0.2, 0) is 33.3 Å². The topological polar surface area (TPSA) is 412 Å². The number of hydrogen-bond donors (Lipinski definition) is 5. The van der Waals surface area contributed by atoms with Gasteiger partial charge in [0.1, 0.15) is 16.6 Å². The Balaban J connectivity index is 0.000000201. The molecule has 110 heavy (non-hydrogen) atoms. The van der Waals surface area contributed by atoms with Crippen LogP contribution in [0, 0.1) is 13.8 Å². The van der Waals surface area contributed by atoms with Gasteiger partial charge in [-0.3, -0.25) is 42.5 Å². The number of H-pyrrole nitrogens is 1. The van der Waals surface area contributed by atoms with Crippen LogP contribution in [0.2, 0.25) is 5.02 Å². The highest BCUT2D eigenvalue weighted by Crippen LogP contribution is 2.24. The molecule has 7 N–H and O–H groups in total. The van der Waals surface area contributed by atoms with Crippen LogP contribution >= 0.6 is 11.6 Å². The third-order valence-electron chi connectivity index (χ3n) is 15.4. The van der Waals surface area contributed by atoms with Crippen molar-refractivity contribution in [1.29, 1.82) is 0 Å². The average Bonchev–Trinajstić information content (AvgIpc) is 1.62. The first kappa shape index (κ1) is 81.2. The molecule has 0 aliphatic carbocycles. The second kappa shape index (κ2) is 39.0. The van der Waals surface area contributed by atoms with Crippen molar-refractivity contribution in [2.24, 2.45) is 5.84 Å². The molecule has 0 atom stereocenters. The largest absolute Gasteiger partial charge is 0.478 e. The van der Waals surface area contributed by atoms with Crippen LogP contribution in [0.4, 0.5) is 0 Å². The predicted octanol–water partition coefficient (Wildman–Crippen LogP) is 9.44. The Morgan fingerprint density at radius 1 is 0.473 bits per heavy atom. The number of carboxylic acid groups (broad SMARTS) is 1. The number of nitrogens with two attached hydrogens (primary N) is 2. The molecule has 13 heterocycles. The summed E-state index contributed by atoms with van der Waals surface area (Å²) in [4.78, 5) is 126. The van der Waals surface area contributed by atoms with Crippen LogP contribution in [-0.4, -0.2) is 155 Å². The maximum Gasteiger partial charge on any atom is 0.347 e. The molecule has 0 saturated carbocycles. The third kappa shape index (κ3) is 19.9. The number of aryl methyl sites for hydroxylation is 2. The van der Waals surface area contributed by atoms with E-state index in [0.29, 0.717) is 67.7 Å². The van der Waals surface area contributed by atoms with Gasteiger partial charge in [0, 0.05) is 77.2 Å². The van der Waals surface area contributed by atoms with Crippen LogP contribution in [0.3, 0.4) is 0 Å². The number of carbonyl (C=O) groups is 10. The highest BCUT2D eigenvalue weighted by Gasteiger charge is 2.36. The number of nitrogens with zero attached hydrogens (tertiary/aromatic N) is 12. The number of esters is 5. The van der Waals surface area contributed by atoms with Crippen molar-refractivity contribution in [3.63, 3.8) is 0 Å². The standard InChI is InChI=1S/C12H16N2O4.C12H8N2O2.C11H12N2O2.C10H9ClN2O2.C10H10N2O3.C9H8N2O2.C8H6N2O2.C4H6N2.2H2/c1-3-17-11(15)10(12(16)18-4-2)9-13-14-7-5-6-8-14;15-11-9-5-1-2-6-10(9)12(16)14(11)13-7-3-4-8-13;1-3-15-11(14)9-7-12-13-6-4-5-10(13)8(9)2;1-2-15-10(14)7-6-12-13-5-3-4-8(13)9(7)11;1-2-15-10(14)7-6-11-12-5-3-4-8(12)9(7)13;1-6-7(9(12)13)5-10-11-4-2-3-8(6)11;9-10-7(11)5-3-1-2-4-6(5)8(10)12;5-6-3-1-2-4-6;;/h5-9,13H,3-4H2,1-2H3;1-8H;4-7H,3H2,1-2H3;3-6H,2H2,1H3;3-6,11H,2H2,1H3;2-5H,1H3,(H,12,13);1-4H,9H2;1-4H,5H2;2*1H/i;;;;;;;;2*1+1. The van der Waals surface area contributed by atoms with E-state index in [-0.39, 0.29) is 62.6 Å². The molecule has 0 spiro atoms. The number of rotatable bonds is 14. The molecular formula is C76H79ClN16O17. The first-order valence-corrected chi connectivity index (χ1v) is 33.9. The maximum absolute atomic E-state index is 12.0. The van der Waals surface area contributed by atoms with Gasteiger partial charge in [-0.15, -0.1) is 0 Å². The summed E-state index contributed by atoms with van der Waals surface area (Å²) in [6.07, 6.45) is 24.4. The molecule has 572 valence electrons. The first-order valence-electron chi connectivity index (χ1n) is 33.6. The molecule has 0 bridgehead atoms. The van der Waals surface area contributed by atoms with E-state index in [1.165, 1.54) is 34.1 Å². The fraction of sp³-hybridized carbons (Fsp3) is 0.158. The Hall–Kier alpha value is -14.5. The van der Waals surface area contributed by atoms with Gasteiger partial charge in [0.05, 0.1) is 107 Å². The lowest BCUT2D eigenvalue weighted by molar-refractivity contribution is -0.146. The van der Waals surface area contributed by atoms with Gasteiger partial charge >= 0.3 is 35.8 Å². The number of hydrogen-bond acceptors (Lipinski definition) is 22. The number of halogens is 1. The average molecular weight is 1530 g/mol. The Morgan fingerprint density at radius 2 is 0.864 bits per heavy atom. The van der Waals surface area contributed by atoms with Crippen molar-refractivity contribution >= 4 is 93.1 Å². The number of aromatic carboxylic acids is 1. The number of ether oxygens (including phenoxy) is 5. The normalized spacial score (nSPS) is 11.3. The number of nitrogen functional groups attached to an aromatic ring is 1. The summed E-state index contributed by atoms with van der Waals surface area (Å²) >= 11 is 6.05. The Morgan fingerprint density at radius 3 is 1.33 bits per heavy atom. The zero-order valence-electron chi connectivity index (χ0n) is 60.3. The minimum Gasteiger partial charge on any atom is -0.478 e. The van der Waals surface area contributed by atoms with Gasteiger partial charge in [-0.05, 0) is 169 Å². The summed E-state index contributed by atoms with van der Waals surface area (Å²) in [5.74, 6) is 5.25. The summed E-state index contributed by atoms with van der Waals surface area (Å²) in [7, 11) is 0. The van der Waals surface area contributed by atoms with E-state index in [1.54, 1.807) is 217 Å². The predicted molar refractivity (Wildman–Crippen MR) is 406 cm³/mol. The number of amides is 4. The van der Waals surface area contributed by atoms with Gasteiger partial charge in [0.2, 0.25) is 5.43 Å². The molecule has 11 aromatic heterocycles. The minimum atomic E-state index is -0.936. The third-order valence-corrected chi connectivity index (χ3v) is 15.8. The molecule has 0 unspecified atom stereocenters. The Kier molecular flexibility index (Phi) is 28.8. The summed E-state index contributed by atoms with van der Waals surface area (Å²) in [5, 5.41) is 25.9. The van der Waals surface area contributed by atoms with Crippen LogP contribution < -0.4 is 27.5 Å². The molecule has 2 aromatic carbocycles. The molecule has 33 nitrogen and oxygen atoms in total. The molecular weight excluding hydrogens is 1440 g/mol. The SMILES string of the molecule is CCOC(=O)C(=CNn1cccc1)C(=O)OCC.CCOC(=O)c1c[nH]n2cccc2c1=O.CCOC(=O)c1cnn2cccc2c1C.CCOC(=O)c1cnn2cccc2c1Cl.Cc1c(C(=O)O)cnn2cccc12.NN1C(=O)c2ccccc2C1=O.Nn1cccc1.O=C1c2ccccc2C(=O)N1n1cccc1.[2HH].[2HH]. The van der Waals surface area contributed by atoms with Crippen molar-refractivity contribution in [2.45, 2.75) is 48.5 Å².